The van der Waals surface area contributed by atoms with Crippen LogP contribution in [0.1, 0.15) is 57.2 Å². The summed E-state index contributed by atoms with van der Waals surface area (Å²) < 4.78 is 1.84. The summed E-state index contributed by atoms with van der Waals surface area (Å²) in [6, 6.07) is 9.47. The second-order valence-corrected chi connectivity index (χ2v) is 11.4. The van der Waals surface area contributed by atoms with Gasteiger partial charge in [0.05, 0.1) is 26.2 Å². The van der Waals surface area contributed by atoms with Gasteiger partial charge in [-0.2, -0.15) is 10.1 Å². The van der Waals surface area contributed by atoms with Crippen molar-refractivity contribution in [3.8, 4) is 28.1 Å². The molecule has 0 radical (unpaired) electrons. The number of carbonyl (C=O) groups is 1. The summed E-state index contributed by atoms with van der Waals surface area (Å²) >= 11 is 14.4. The predicted octanol–water partition coefficient (Wildman–Crippen LogP) is 6.86. The summed E-state index contributed by atoms with van der Waals surface area (Å²) in [6.07, 6.45) is 1.55. The number of aromatic nitrogens is 2. The summed E-state index contributed by atoms with van der Waals surface area (Å²) in [5.41, 5.74) is 2.57. The van der Waals surface area contributed by atoms with Crippen LogP contribution in [0.15, 0.2) is 35.3 Å². The van der Waals surface area contributed by atoms with Gasteiger partial charge in [0.25, 0.3) is 5.91 Å². The van der Waals surface area contributed by atoms with Crippen LogP contribution in [0.3, 0.4) is 0 Å². The lowest BCUT2D eigenvalue weighted by Gasteiger charge is -2.27. The second-order valence-electron chi connectivity index (χ2n) is 9.46. The molecule has 1 amide bonds. The number of nitrogens with zero attached hydrogens (tertiary/aromatic N) is 4. The van der Waals surface area contributed by atoms with Crippen molar-refractivity contribution in [1.29, 1.82) is 0 Å². The molecular weight excluding hydrogens is 499 g/mol. The summed E-state index contributed by atoms with van der Waals surface area (Å²) in [7, 11) is 1.88. The third-order valence-electron chi connectivity index (χ3n) is 6.14. The van der Waals surface area contributed by atoms with E-state index in [0.717, 1.165) is 27.4 Å². The first-order valence-corrected chi connectivity index (χ1v) is 13.2. The Morgan fingerprint density at radius 3 is 2.51 bits per heavy atom. The Morgan fingerprint density at radius 1 is 1.17 bits per heavy atom. The molecule has 35 heavy (non-hydrogen) atoms. The molecule has 0 saturated carbocycles. The van der Waals surface area contributed by atoms with E-state index >= 15 is 0 Å². The number of hydrogen-bond acceptors (Lipinski definition) is 4. The molecule has 1 aromatic carbocycles. The van der Waals surface area contributed by atoms with Gasteiger partial charge in [0.1, 0.15) is 11.2 Å². The van der Waals surface area contributed by atoms with Crippen molar-refractivity contribution in [1.82, 2.24) is 14.7 Å². The number of amidine groups is 1. The zero-order chi connectivity index (χ0) is 25.5. The predicted molar refractivity (Wildman–Crippen MR) is 146 cm³/mol. The maximum atomic E-state index is 12.7. The van der Waals surface area contributed by atoms with Crippen molar-refractivity contribution in [2.75, 3.05) is 7.05 Å². The van der Waals surface area contributed by atoms with Crippen molar-refractivity contribution >= 4 is 46.3 Å². The standard InChI is InChI=1S/C27H28Cl2N4OS/c1-7-19-23(25-30-26(34)27(4,5)32(25)6)31-33(21-13-11-17(28)15-20(21)29)24(19)22-14-12-18(35-22)10-8-9-16(2)3/h11-16H,7,9H2,1-6H3. The Balaban J connectivity index is 1.93. The molecule has 182 valence electrons. The highest BCUT2D eigenvalue weighted by atomic mass is 35.5. The molecule has 0 fully saturated rings. The molecule has 0 unspecified atom stereocenters. The number of hydrogen-bond donors (Lipinski definition) is 0. The third kappa shape index (κ3) is 4.78. The minimum atomic E-state index is -0.732. The zero-order valence-corrected chi connectivity index (χ0v) is 23.1. The number of halogens is 2. The van der Waals surface area contributed by atoms with Gasteiger partial charge in [0, 0.05) is 24.1 Å². The second kappa shape index (κ2) is 9.81. The van der Waals surface area contributed by atoms with E-state index in [2.05, 4.69) is 43.7 Å². The molecule has 0 atom stereocenters. The highest BCUT2D eigenvalue weighted by molar-refractivity contribution is 7.16. The van der Waals surface area contributed by atoms with E-state index in [1.54, 1.807) is 23.5 Å². The lowest BCUT2D eigenvalue weighted by Crippen LogP contribution is -2.44. The largest absolute Gasteiger partial charge is 0.343 e. The molecule has 0 N–H and O–H groups in total. The number of amides is 1. The van der Waals surface area contributed by atoms with E-state index in [-0.39, 0.29) is 5.91 Å². The molecule has 2 aromatic heterocycles. The van der Waals surface area contributed by atoms with Crippen LogP contribution in [0.5, 0.6) is 0 Å². The van der Waals surface area contributed by atoms with Crippen LogP contribution in [0.2, 0.25) is 10.0 Å². The van der Waals surface area contributed by atoms with Crippen LogP contribution in [0.25, 0.3) is 16.3 Å². The topological polar surface area (TPSA) is 50.5 Å². The van der Waals surface area contributed by atoms with Gasteiger partial charge in [-0.3, -0.25) is 4.79 Å². The van der Waals surface area contributed by atoms with Crippen LogP contribution < -0.4 is 0 Å². The van der Waals surface area contributed by atoms with Crippen molar-refractivity contribution in [3.05, 3.63) is 56.5 Å². The number of carbonyl (C=O) groups excluding carboxylic acids is 1. The highest BCUT2D eigenvalue weighted by Crippen LogP contribution is 2.38. The maximum absolute atomic E-state index is 12.7. The van der Waals surface area contributed by atoms with Crippen molar-refractivity contribution in [3.63, 3.8) is 0 Å². The first kappa shape index (κ1) is 25.5. The van der Waals surface area contributed by atoms with Crippen LogP contribution in [-0.4, -0.2) is 39.0 Å². The van der Waals surface area contributed by atoms with Gasteiger partial charge in [-0.05, 0) is 56.5 Å². The first-order chi connectivity index (χ1) is 16.5. The molecule has 5 nitrogen and oxygen atoms in total. The number of rotatable bonds is 5. The average Bonchev–Trinajstić information content (AvgIpc) is 3.45. The van der Waals surface area contributed by atoms with E-state index < -0.39 is 5.54 Å². The fourth-order valence-corrected chi connectivity index (χ4v) is 5.28. The van der Waals surface area contributed by atoms with E-state index in [1.807, 2.05) is 42.6 Å². The molecule has 3 heterocycles. The molecule has 4 rings (SSSR count). The SMILES string of the molecule is CCc1c(C2=NC(=O)C(C)(C)N2C)nn(-c2ccc(Cl)cc2Cl)c1-c1ccc(C#CCC(C)C)s1. The van der Waals surface area contributed by atoms with Crippen molar-refractivity contribution in [2.45, 2.75) is 53.0 Å². The van der Waals surface area contributed by atoms with Gasteiger partial charge in [-0.25, -0.2) is 4.68 Å². The quantitative estimate of drug-likeness (QED) is 0.341. The summed E-state index contributed by atoms with van der Waals surface area (Å²) in [5, 5.41) is 6.02. The minimum absolute atomic E-state index is 0.184. The lowest BCUT2D eigenvalue weighted by atomic mass is 10.0. The molecule has 0 bridgehead atoms. The van der Waals surface area contributed by atoms with Gasteiger partial charge < -0.3 is 4.90 Å². The Bertz CT molecular complexity index is 1390. The van der Waals surface area contributed by atoms with Gasteiger partial charge >= 0.3 is 0 Å². The van der Waals surface area contributed by atoms with Crippen LogP contribution >= 0.6 is 34.5 Å². The molecule has 3 aromatic rings. The number of likely N-dealkylation sites (N-methyl/N-ethyl adjacent to an activating group) is 1. The molecule has 0 aliphatic carbocycles. The summed E-state index contributed by atoms with van der Waals surface area (Å²) in [4.78, 5) is 21.0. The van der Waals surface area contributed by atoms with E-state index in [0.29, 0.717) is 39.6 Å². The van der Waals surface area contributed by atoms with Crippen molar-refractivity contribution in [2.24, 2.45) is 10.9 Å². The third-order valence-corrected chi connectivity index (χ3v) is 7.68. The van der Waals surface area contributed by atoms with E-state index in [1.165, 1.54) is 0 Å². The van der Waals surface area contributed by atoms with E-state index in [9.17, 15) is 4.79 Å². The van der Waals surface area contributed by atoms with Crippen LogP contribution in [0.4, 0.5) is 0 Å². The van der Waals surface area contributed by atoms with Gasteiger partial charge in [-0.15, -0.1) is 11.3 Å². The fourth-order valence-electron chi connectivity index (χ4n) is 3.85. The van der Waals surface area contributed by atoms with Gasteiger partial charge in [-0.1, -0.05) is 55.8 Å². The van der Waals surface area contributed by atoms with E-state index in [4.69, 9.17) is 28.3 Å². The Labute approximate surface area is 220 Å². The molecule has 1 aliphatic rings. The van der Waals surface area contributed by atoms with Crippen molar-refractivity contribution < 1.29 is 4.79 Å². The minimum Gasteiger partial charge on any atom is -0.343 e. The first-order valence-electron chi connectivity index (χ1n) is 11.6. The molecule has 1 aliphatic heterocycles. The Morgan fingerprint density at radius 2 is 1.91 bits per heavy atom. The monoisotopic (exact) mass is 526 g/mol. The number of benzene rings is 1. The maximum Gasteiger partial charge on any atom is 0.273 e. The van der Waals surface area contributed by atoms with Crippen LogP contribution in [0, 0.1) is 17.8 Å². The number of aliphatic imine (C=N–C) groups is 1. The molecule has 0 spiro atoms. The van der Waals surface area contributed by atoms with Gasteiger partial charge in [0.2, 0.25) is 0 Å². The Hall–Kier alpha value is -2.59. The van der Waals surface area contributed by atoms with Gasteiger partial charge in [0.15, 0.2) is 5.84 Å². The molecule has 8 heteroatoms. The Kier molecular flexibility index (Phi) is 7.15. The fraction of sp³-hybridized carbons (Fsp3) is 0.370. The lowest BCUT2D eigenvalue weighted by molar-refractivity contribution is -0.123. The van der Waals surface area contributed by atoms with Crippen LogP contribution in [-0.2, 0) is 11.2 Å². The smallest absolute Gasteiger partial charge is 0.273 e. The zero-order valence-electron chi connectivity index (χ0n) is 20.7. The summed E-state index contributed by atoms with van der Waals surface area (Å²) in [6.45, 7) is 10.1. The summed E-state index contributed by atoms with van der Waals surface area (Å²) in [5.74, 6) is 7.46. The molecular formula is C27H28Cl2N4OS. The number of thiophene rings is 1. The normalized spacial score (nSPS) is 14.9. The highest BCUT2D eigenvalue weighted by Gasteiger charge is 2.42. The molecule has 0 saturated heterocycles. The average molecular weight is 528 g/mol.